The van der Waals surface area contributed by atoms with Crippen LogP contribution in [0.2, 0.25) is 0 Å². The highest BCUT2D eigenvalue weighted by molar-refractivity contribution is 7.74. The van der Waals surface area contributed by atoms with E-state index >= 15 is 0 Å². The smallest absolute Gasteiger partial charge is 0.301 e. The molecular weight excluding hydrogens is 220 g/mol. The summed E-state index contributed by atoms with van der Waals surface area (Å²) in [6.07, 6.45) is 0.0412. The third-order valence-electron chi connectivity index (χ3n) is 2.22. The second-order valence-corrected chi connectivity index (χ2v) is 3.86. The van der Waals surface area contributed by atoms with E-state index in [1.807, 2.05) is 6.92 Å². The summed E-state index contributed by atoms with van der Waals surface area (Å²) in [4.78, 5) is 2.10. The predicted octanol–water partition coefficient (Wildman–Crippen LogP) is -0.592. The maximum atomic E-state index is 10.3. The third kappa shape index (κ3) is 5.01. The number of rotatable bonds is 6. The SMILES string of the molecule is CCOC1CNCCN1CCOS(=O)O. The Morgan fingerprint density at radius 3 is 3.13 bits per heavy atom. The van der Waals surface area contributed by atoms with Crippen LogP contribution in [0.5, 0.6) is 0 Å². The molecular formula is C8H18N2O4S. The highest BCUT2D eigenvalue weighted by atomic mass is 32.2. The van der Waals surface area contributed by atoms with Crippen molar-refractivity contribution < 1.29 is 17.7 Å². The molecule has 2 atom stereocenters. The highest BCUT2D eigenvalue weighted by Crippen LogP contribution is 2.04. The van der Waals surface area contributed by atoms with Crippen molar-refractivity contribution in [3.05, 3.63) is 0 Å². The third-order valence-corrected chi connectivity index (χ3v) is 2.59. The first-order chi connectivity index (χ1) is 7.24. The second-order valence-electron chi connectivity index (χ2n) is 3.19. The van der Waals surface area contributed by atoms with Gasteiger partial charge in [-0.05, 0) is 6.92 Å². The maximum Gasteiger partial charge on any atom is 0.301 e. The minimum Gasteiger partial charge on any atom is -0.362 e. The van der Waals surface area contributed by atoms with E-state index in [1.165, 1.54) is 0 Å². The molecule has 90 valence electrons. The molecule has 1 aliphatic rings. The largest absolute Gasteiger partial charge is 0.362 e. The Bertz CT molecular complexity index is 203. The van der Waals surface area contributed by atoms with Crippen molar-refractivity contribution in [2.45, 2.75) is 13.2 Å². The molecule has 0 amide bonds. The Balaban J connectivity index is 2.25. The van der Waals surface area contributed by atoms with E-state index in [2.05, 4.69) is 14.4 Å². The van der Waals surface area contributed by atoms with Gasteiger partial charge in [-0.25, -0.2) is 0 Å². The molecule has 1 aliphatic heterocycles. The van der Waals surface area contributed by atoms with Crippen LogP contribution in [0, 0.1) is 0 Å². The molecule has 0 aromatic rings. The molecule has 2 unspecified atom stereocenters. The molecule has 0 aromatic heterocycles. The van der Waals surface area contributed by atoms with E-state index in [9.17, 15) is 4.21 Å². The molecule has 1 saturated heterocycles. The van der Waals surface area contributed by atoms with Crippen molar-refractivity contribution in [2.75, 3.05) is 39.4 Å². The maximum absolute atomic E-state index is 10.3. The summed E-state index contributed by atoms with van der Waals surface area (Å²) in [7, 11) is 0. The minimum absolute atomic E-state index is 0.0412. The van der Waals surface area contributed by atoms with Gasteiger partial charge < -0.3 is 10.1 Å². The Hall–Kier alpha value is -0.0500. The van der Waals surface area contributed by atoms with Crippen LogP contribution < -0.4 is 5.32 Å². The van der Waals surface area contributed by atoms with Crippen molar-refractivity contribution in [3.8, 4) is 0 Å². The number of nitrogens with one attached hydrogen (secondary N) is 1. The molecule has 1 fully saturated rings. The Morgan fingerprint density at radius 1 is 1.67 bits per heavy atom. The second kappa shape index (κ2) is 7.26. The molecule has 1 heterocycles. The van der Waals surface area contributed by atoms with E-state index in [0.717, 1.165) is 19.6 Å². The summed E-state index contributed by atoms with van der Waals surface area (Å²) in [5.74, 6) is 0. The van der Waals surface area contributed by atoms with Crippen molar-refractivity contribution in [1.82, 2.24) is 10.2 Å². The predicted molar refractivity (Wildman–Crippen MR) is 56.6 cm³/mol. The molecule has 0 spiro atoms. The summed E-state index contributed by atoms with van der Waals surface area (Å²) in [5.41, 5.74) is 0. The zero-order valence-electron chi connectivity index (χ0n) is 8.85. The van der Waals surface area contributed by atoms with Gasteiger partial charge in [0.15, 0.2) is 0 Å². The molecule has 0 aliphatic carbocycles. The van der Waals surface area contributed by atoms with Gasteiger partial charge in [0.2, 0.25) is 0 Å². The lowest BCUT2D eigenvalue weighted by Crippen LogP contribution is -2.53. The first-order valence-electron chi connectivity index (χ1n) is 5.04. The van der Waals surface area contributed by atoms with Crippen LogP contribution in [-0.2, 0) is 20.3 Å². The lowest BCUT2D eigenvalue weighted by Gasteiger charge is -2.35. The van der Waals surface area contributed by atoms with Crippen LogP contribution in [0.15, 0.2) is 0 Å². The van der Waals surface area contributed by atoms with Crippen LogP contribution in [0.1, 0.15) is 6.92 Å². The normalized spacial score (nSPS) is 25.3. The zero-order chi connectivity index (χ0) is 11.1. The summed E-state index contributed by atoms with van der Waals surface area (Å²) in [6.45, 7) is 6.03. The molecule has 6 nitrogen and oxygen atoms in total. The van der Waals surface area contributed by atoms with Gasteiger partial charge in [0, 0.05) is 32.8 Å². The first kappa shape index (κ1) is 13.0. The molecule has 0 saturated carbocycles. The van der Waals surface area contributed by atoms with E-state index in [4.69, 9.17) is 9.29 Å². The van der Waals surface area contributed by atoms with Crippen LogP contribution in [-0.4, -0.2) is 59.3 Å². The fraction of sp³-hybridized carbons (Fsp3) is 1.00. The monoisotopic (exact) mass is 238 g/mol. The molecule has 1 rings (SSSR count). The highest BCUT2D eigenvalue weighted by Gasteiger charge is 2.21. The Morgan fingerprint density at radius 2 is 2.47 bits per heavy atom. The van der Waals surface area contributed by atoms with Gasteiger partial charge in [-0.15, -0.1) is 0 Å². The number of hydrogen-bond acceptors (Lipinski definition) is 5. The molecule has 7 heteroatoms. The van der Waals surface area contributed by atoms with Gasteiger partial charge in [0.1, 0.15) is 6.23 Å². The average Bonchev–Trinajstić information content (AvgIpc) is 2.20. The quantitative estimate of drug-likeness (QED) is 0.603. The zero-order valence-corrected chi connectivity index (χ0v) is 9.66. The summed E-state index contributed by atoms with van der Waals surface area (Å²) >= 11 is -2.17. The topological polar surface area (TPSA) is 71.0 Å². The number of piperazine rings is 1. The summed E-state index contributed by atoms with van der Waals surface area (Å²) in [5, 5.41) is 3.23. The molecule has 0 radical (unpaired) electrons. The molecule has 2 N–H and O–H groups in total. The number of nitrogens with zero attached hydrogens (tertiary/aromatic N) is 1. The van der Waals surface area contributed by atoms with Gasteiger partial charge in [0.25, 0.3) is 0 Å². The van der Waals surface area contributed by atoms with Crippen molar-refractivity contribution >= 4 is 11.4 Å². The van der Waals surface area contributed by atoms with Gasteiger partial charge >= 0.3 is 11.4 Å². The van der Waals surface area contributed by atoms with Crippen molar-refractivity contribution in [3.63, 3.8) is 0 Å². The van der Waals surface area contributed by atoms with Crippen LogP contribution >= 0.6 is 0 Å². The molecule has 0 bridgehead atoms. The Kier molecular flexibility index (Phi) is 6.30. The number of ether oxygens (including phenoxy) is 1. The first-order valence-corrected chi connectivity index (χ1v) is 6.07. The van der Waals surface area contributed by atoms with E-state index in [-0.39, 0.29) is 12.8 Å². The summed E-state index contributed by atoms with van der Waals surface area (Å²) < 4.78 is 28.8. The minimum atomic E-state index is -2.17. The standard InChI is InChI=1S/C8H18N2O4S/c1-2-13-8-7-9-3-4-10(8)5-6-14-15(11)12/h8-9H,2-7H2,1H3,(H,11,12). The van der Waals surface area contributed by atoms with Crippen LogP contribution in [0.25, 0.3) is 0 Å². The lowest BCUT2D eigenvalue weighted by atomic mass is 10.3. The van der Waals surface area contributed by atoms with Gasteiger partial charge in [-0.2, -0.15) is 4.21 Å². The molecule has 0 aromatic carbocycles. The molecule has 15 heavy (non-hydrogen) atoms. The van der Waals surface area contributed by atoms with Gasteiger partial charge in [-0.3, -0.25) is 13.6 Å². The lowest BCUT2D eigenvalue weighted by molar-refractivity contribution is -0.0691. The van der Waals surface area contributed by atoms with E-state index in [0.29, 0.717) is 13.2 Å². The Labute approximate surface area is 92.4 Å². The average molecular weight is 238 g/mol. The van der Waals surface area contributed by atoms with E-state index in [1.54, 1.807) is 0 Å². The van der Waals surface area contributed by atoms with Gasteiger partial charge in [0.05, 0.1) is 6.61 Å². The van der Waals surface area contributed by atoms with Gasteiger partial charge in [-0.1, -0.05) is 0 Å². The van der Waals surface area contributed by atoms with Crippen molar-refractivity contribution in [1.29, 1.82) is 0 Å². The summed E-state index contributed by atoms with van der Waals surface area (Å²) in [6, 6.07) is 0. The fourth-order valence-corrected chi connectivity index (χ4v) is 1.78. The number of hydrogen-bond donors (Lipinski definition) is 2. The fourth-order valence-electron chi connectivity index (χ4n) is 1.56. The van der Waals surface area contributed by atoms with E-state index < -0.39 is 11.4 Å². The van der Waals surface area contributed by atoms with Crippen molar-refractivity contribution in [2.24, 2.45) is 0 Å². The van der Waals surface area contributed by atoms with Crippen LogP contribution in [0.4, 0.5) is 0 Å². The van der Waals surface area contributed by atoms with Crippen LogP contribution in [0.3, 0.4) is 0 Å².